The van der Waals surface area contributed by atoms with Crippen LogP contribution in [0.3, 0.4) is 0 Å². The zero-order valence-electron chi connectivity index (χ0n) is 11.3. The second-order valence-electron chi connectivity index (χ2n) is 4.63. The van der Waals surface area contributed by atoms with Crippen molar-refractivity contribution in [3.8, 4) is 0 Å². The van der Waals surface area contributed by atoms with E-state index < -0.39 is 0 Å². The maximum Gasteiger partial charge on any atom is 0.319 e. The van der Waals surface area contributed by atoms with Crippen LogP contribution in [0.2, 0.25) is 0 Å². The third-order valence-electron chi connectivity index (χ3n) is 2.88. The van der Waals surface area contributed by atoms with Crippen molar-refractivity contribution in [2.24, 2.45) is 0 Å². The molecule has 0 radical (unpaired) electrons. The fourth-order valence-electron chi connectivity index (χ4n) is 1.90. The van der Waals surface area contributed by atoms with Gasteiger partial charge in [-0.05, 0) is 65.8 Å². The van der Waals surface area contributed by atoms with Gasteiger partial charge in [0.2, 0.25) is 0 Å². The van der Waals surface area contributed by atoms with Crippen LogP contribution in [-0.2, 0) is 6.42 Å². The van der Waals surface area contributed by atoms with Gasteiger partial charge in [-0.3, -0.25) is 0 Å². The number of nitrogens with one attached hydrogen (secondary N) is 2. The van der Waals surface area contributed by atoms with Crippen LogP contribution in [0.25, 0.3) is 0 Å². The molecule has 0 aromatic heterocycles. The molecule has 0 atom stereocenters. The standard InChI is InChI=1S/C16H17IN2O/c1-12-3-2-4-13(11-12)9-10-18-16(20)19-15-7-5-14(17)6-8-15/h2-8,11H,9-10H2,1H3,(H2,18,19,20). The fraction of sp³-hybridized carbons (Fsp3) is 0.188. The van der Waals surface area contributed by atoms with Crippen molar-refractivity contribution >= 4 is 34.3 Å². The number of halogens is 1. The second-order valence-corrected chi connectivity index (χ2v) is 5.87. The highest BCUT2D eigenvalue weighted by Gasteiger charge is 2.01. The van der Waals surface area contributed by atoms with E-state index >= 15 is 0 Å². The quantitative estimate of drug-likeness (QED) is 0.775. The van der Waals surface area contributed by atoms with E-state index in [9.17, 15) is 4.79 Å². The molecule has 3 nitrogen and oxygen atoms in total. The van der Waals surface area contributed by atoms with E-state index in [-0.39, 0.29) is 6.03 Å². The summed E-state index contributed by atoms with van der Waals surface area (Å²) in [6.45, 7) is 2.69. The summed E-state index contributed by atoms with van der Waals surface area (Å²) in [5.74, 6) is 0. The predicted molar refractivity (Wildman–Crippen MR) is 91.1 cm³/mol. The Morgan fingerprint density at radius 3 is 2.60 bits per heavy atom. The Balaban J connectivity index is 1.76. The lowest BCUT2D eigenvalue weighted by Gasteiger charge is -2.08. The Hall–Kier alpha value is -1.56. The molecule has 0 unspecified atom stereocenters. The summed E-state index contributed by atoms with van der Waals surface area (Å²) in [6, 6.07) is 15.9. The lowest BCUT2D eigenvalue weighted by molar-refractivity contribution is 0.252. The minimum absolute atomic E-state index is 0.168. The number of amides is 2. The number of rotatable bonds is 4. The largest absolute Gasteiger partial charge is 0.338 e. The first-order valence-corrected chi connectivity index (χ1v) is 7.57. The third-order valence-corrected chi connectivity index (χ3v) is 3.60. The van der Waals surface area contributed by atoms with Crippen LogP contribution in [0, 0.1) is 10.5 Å². The van der Waals surface area contributed by atoms with Crippen molar-refractivity contribution in [2.75, 3.05) is 11.9 Å². The van der Waals surface area contributed by atoms with Crippen molar-refractivity contribution in [1.29, 1.82) is 0 Å². The summed E-state index contributed by atoms with van der Waals surface area (Å²) in [4.78, 5) is 11.7. The molecule has 0 spiro atoms. The molecule has 0 heterocycles. The van der Waals surface area contributed by atoms with Crippen LogP contribution in [-0.4, -0.2) is 12.6 Å². The molecule has 2 N–H and O–H groups in total. The van der Waals surface area contributed by atoms with E-state index in [4.69, 9.17) is 0 Å². The first-order valence-electron chi connectivity index (χ1n) is 6.49. The molecule has 4 heteroatoms. The Bertz CT molecular complexity index is 581. The number of hydrogen-bond acceptors (Lipinski definition) is 1. The molecule has 2 amide bonds. The summed E-state index contributed by atoms with van der Waals surface area (Å²) in [5, 5.41) is 5.68. The number of urea groups is 1. The monoisotopic (exact) mass is 380 g/mol. The summed E-state index contributed by atoms with van der Waals surface area (Å²) >= 11 is 2.23. The summed E-state index contributed by atoms with van der Waals surface area (Å²) in [7, 11) is 0. The van der Waals surface area contributed by atoms with Crippen molar-refractivity contribution in [3.63, 3.8) is 0 Å². The van der Waals surface area contributed by atoms with Gasteiger partial charge in [0.25, 0.3) is 0 Å². The van der Waals surface area contributed by atoms with E-state index in [0.29, 0.717) is 6.54 Å². The van der Waals surface area contributed by atoms with Gasteiger partial charge < -0.3 is 10.6 Å². The fourth-order valence-corrected chi connectivity index (χ4v) is 2.26. The number of anilines is 1. The van der Waals surface area contributed by atoms with E-state index in [1.54, 1.807) is 0 Å². The molecule has 0 saturated heterocycles. The molecular formula is C16H17IN2O. The van der Waals surface area contributed by atoms with Gasteiger partial charge in [-0.25, -0.2) is 4.79 Å². The van der Waals surface area contributed by atoms with Gasteiger partial charge in [-0.15, -0.1) is 0 Å². The smallest absolute Gasteiger partial charge is 0.319 e. The van der Waals surface area contributed by atoms with E-state index in [2.05, 4.69) is 58.3 Å². The van der Waals surface area contributed by atoms with Crippen molar-refractivity contribution in [3.05, 3.63) is 63.2 Å². The van der Waals surface area contributed by atoms with Crippen LogP contribution in [0.5, 0.6) is 0 Å². The summed E-state index contributed by atoms with van der Waals surface area (Å²) in [5.41, 5.74) is 3.28. The number of carbonyl (C=O) groups is 1. The molecule has 0 bridgehead atoms. The lowest BCUT2D eigenvalue weighted by Crippen LogP contribution is -2.30. The number of hydrogen-bond donors (Lipinski definition) is 2. The molecular weight excluding hydrogens is 363 g/mol. The molecule has 0 saturated carbocycles. The highest BCUT2D eigenvalue weighted by atomic mass is 127. The molecule has 0 aliphatic heterocycles. The van der Waals surface area contributed by atoms with Crippen LogP contribution in [0.1, 0.15) is 11.1 Å². The SMILES string of the molecule is Cc1cccc(CCNC(=O)Nc2ccc(I)cc2)c1. The molecule has 0 fully saturated rings. The number of aryl methyl sites for hydroxylation is 1. The number of benzene rings is 2. The molecule has 20 heavy (non-hydrogen) atoms. The van der Waals surface area contributed by atoms with Crippen molar-refractivity contribution in [1.82, 2.24) is 5.32 Å². The van der Waals surface area contributed by atoms with Gasteiger partial charge in [-0.1, -0.05) is 29.8 Å². The summed E-state index contributed by atoms with van der Waals surface area (Å²) in [6.07, 6.45) is 0.835. The average molecular weight is 380 g/mol. The van der Waals surface area contributed by atoms with Gasteiger partial charge in [0, 0.05) is 15.8 Å². The Labute approximate surface area is 132 Å². The molecule has 2 aromatic carbocycles. The van der Waals surface area contributed by atoms with Gasteiger partial charge in [0.05, 0.1) is 0 Å². The first kappa shape index (κ1) is 14.8. The van der Waals surface area contributed by atoms with Crippen LogP contribution < -0.4 is 10.6 Å². The third kappa shape index (κ3) is 4.85. The van der Waals surface area contributed by atoms with E-state index in [0.717, 1.165) is 15.7 Å². The normalized spacial score (nSPS) is 10.1. The Morgan fingerprint density at radius 2 is 1.90 bits per heavy atom. The van der Waals surface area contributed by atoms with Crippen molar-refractivity contribution in [2.45, 2.75) is 13.3 Å². The number of carbonyl (C=O) groups excluding carboxylic acids is 1. The maximum atomic E-state index is 11.7. The Morgan fingerprint density at radius 1 is 1.15 bits per heavy atom. The predicted octanol–water partition coefficient (Wildman–Crippen LogP) is 3.96. The highest BCUT2D eigenvalue weighted by molar-refractivity contribution is 14.1. The van der Waals surface area contributed by atoms with Crippen LogP contribution in [0.15, 0.2) is 48.5 Å². The zero-order valence-corrected chi connectivity index (χ0v) is 13.5. The zero-order chi connectivity index (χ0) is 14.4. The van der Waals surface area contributed by atoms with E-state index in [1.807, 2.05) is 30.3 Å². The molecule has 2 rings (SSSR count). The molecule has 0 aliphatic carbocycles. The van der Waals surface area contributed by atoms with Crippen molar-refractivity contribution < 1.29 is 4.79 Å². The van der Waals surface area contributed by atoms with Gasteiger partial charge >= 0.3 is 6.03 Å². The average Bonchev–Trinajstić information content (AvgIpc) is 2.41. The van der Waals surface area contributed by atoms with Crippen LogP contribution >= 0.6 is 22.6 Å². The second kappa shape index (κ2) is 7.28. The molecule has 0 aliphatic rings. The van der Waals surface area contributed by atoms with Crippen LogP contribution in [0.4, 0.5) is 10.5 Å². The summed E-state index contributed by atoms with van der Waals surface area (Å²) < 4.78 is 1.15. The lowest BCUT2D eigenvalue weighted by atomic mass is 10.1. The minimum atomic E-state index is -0.168. The highest BCUT2D eigenvalue weighted by Crippen LogP contribution is 2.10. The molecule has 104 valence electrons. The topological polar surface area (TPSA) is 41.1 Å². The first-order chi connectivity index (χ1) is 9.63. The molecule has 2 aromatic rings. The minimum Gasteiger partial charge on any atom is -0.338 e. The van der Waals surface area contributed by atoms with Gasteiger partial charge in [-0.2, -0.15) is 0 Å². The van der Waals surface area contributed by atoms with Gasteiger partial charge in [0.1, 0.15) is 0 Å². The van der Waals surface area contributed by atoms with Gasteiger partial charge in [0.15, 0.2) is 0 Å². The Kier molecular flexibility index (Phi) is 5.40. The van der Waals surface area contributed by atoms with E-state index in [1.165, 1.54) is 11.1 Å². The maximum absolute atomic E-state index is 11.7.